The summed E-state index contributed by atoms with van der Waals surface area (Å²) in [5, 5.41) is 6.05. The van der Waals surface area contributed by atoms with Crippen molar-refractivity contribution in [3.8, 4) is 0 Å². The van der Waals surface area contributed by atoms with Gasteiger partial charge in [0.1, 0.15) is 5.69 Å². The second kappa shape index (κ2) is 3.51. The van der Waals surface area contributed by atoms with Gasteiger partial charge in [-0.15, -0.1) is 4.91 Å². The summed E-state index contributed by atoms with van der Waals surface area (Å²) in [5.41, 5.74) is 0.982. The Morgan fingerprint density at radius 3 is 2.69 bits per heavy atom. The molecule has 1 heterocycles. The lowest BCUT2D eigenvalue weighted by molar-refractivity contribution is 0.634. The largest absolute Gasteiger partial charge is 0.379 e. The van der Waals surface area contributed by atoms with Gasteiger partial charge in [-0.05, 0) is 32.0 Å². The van der Waals surface area contributed by atoms with Gasteiger partial charge in [-0.2, -0.15) is 0 Å². The predicted octanol–water partition coefficient (Wildman–Crippen LogP) is 2.69. The smallest absolute Gasteiger partial charge is 0.149 e. The molecule has 1 rings (SSSR count). The van der Waals surface area contributed by atoms with Crippen molar-refractivity contribution < 1.29 is 0 Å². The van der Waals surface area contributed by atoms with E-state index in [4.69, 9.17) is 0 Å². The first-order valence-corrected chi connectivity index (χ1v) is 4.08. The van der Waals surface area contributed by atoms with Gasteiger partial charge in [0.15, 0.2) is 0 Å². The van der Waals surface area contributed by atoms with E-state index >= 15 is 0 Å². The lowest BCUT2D eigenvalue weighted by Crippen LogP contribution is -2.26. The molecule has 0 fully saturated rings. The van der Waals surface area contributed by atoms with Gasteiger partial charge < -0.3 is 5.32 Å². The number of hydrogen-bond acceptors (Lipinski definition) is 4. The molecule has 1 N–H and O–H groups in total. The Kier molecular flexibility index (Phi) is 2.60. The third kappa shape index (κ3) is 2.82. The Labute approximate surface area is 77.4 Å². The molecule has 0 spiro atoms. The van der Waals surface area contributed by atoms with Crippen LogP contribution in [0, 0.1) is 4.91 Å². The summed E-state index contributed by atoms with van der Waals surface area (Å²) in [6, 6.07) is 1.74. The van der Waals surface area contributed by atoms with Crippen LogP contribution in [0.2, 0.25) is 0 Å². The number of pyridine rings is 1. The standard InChI is InChI=1S/C9H13N3O/c1-9(2,3)11-7-4-5-10-6-8(7)12-13/h4-6H,1-3H3,(H,10,11). The highest BCUT2D eigenvalue weighted by Crippen LogP contribution is 2.25. The van der Waals surface area contributed by atoms with Gasteiger partial charge in [0.25, 0.3) is 0 Å². The summed E-state index contributed by atoms with van der Waals surface area (Å²) in [7, 11) is 0. The zero-order chi connectivity index (χ0) is 9.90. The fourth-order valence-corrected chi connectivity index (χ4v) is 0.969. The van der Waals surface area contributed by atoms with Gasteiger partial charge in [-0.3, -0.25) is 4.98 Å². The van der Waals surface area contributed by atoms with Crippen LogP contribution in [0.4, 0.5) is 11.4 Å². The van der Waals surface area contributed by atoms with Crippen LogP contribution in [0.3, 0.4) is 0 Å². The molecule has 0 aliphatic rings. The highest BCUT2D eigenvalue weighted by atomic mass is 16.3. The average molecular weight is 179 g/mol. The maximum absolute atomic E-state index is 10.4. The molecule has 0 saturated carbocycles. The van der Waals surface area contributed by atoms with Gasteiger partial charge in [0, 0.05) is 11.7 Å². The van der Waals surface area contributed by atoms with Gasteiger partial charge in [0.05, 0.1) is 11.9 Å². The Morgan fingerprint density at radius 1 is 1.46 bits per heavy atom. The molecule has 0 saturated heterocycles. The number of anilines is 1. The normalized spacial score (nSPS) is 11.0. The van der Waals surface area contributed by atoms with Crippen molar-refractivity contribution in [1.29, 1.82) is 0 Å². The second-order valence-corrected chi connectivity index (χ2v) is 3.86. The lowest BCUT2D eigenvalue weighted by Gasteiger charge is -2.22. The van der Waals surface area contributed by atoms with Crippen molar-refractivity contribution in [3.63, 3.8) is 0 Å². The van der Waals surface area contributed by atoms with E-state index in [1.54, 1.807) is 12.3 Å². The predicted molar refractivity (Wildman–Crippen MR) is 53.1 cm³/mol. The summed E-state index contributed by atoms with van der Waals surface area (Å²) in [6.45, 7) is 6.05. The molecule has 0 aliphatic heterocycles. The summed E-state index contributed by atoms with van der Waals surface area (Å²) in [4.78, 5) is 14.2. The lowest BCUT2D eigenvalue weighted by atomic mass is 10.1. The Bertz CT molecular complexity index is 304. The van der Waals surface area contributed by atoms with Crippen LogP contribution in [0.25, 0.3) is 0 Å². The van der Waals surface area contributed by atoms with Crippen LogP contribution in [0.5, 0.6) is 0 Å². The van der Waals surface area contributed by atoms with Crippen LogP contribution in [-0.4, -0.2) is 10.5 Å². The molecule has 0 unspecified atom stereocenters. The van der Waals surface area contributed by atoms with E-state index in [0.717, 1.165) is 5.69 Å². The topological polar surface area (TPSA) is 54.4 Å². The number of nitroso groups, excluding NO2 is 1. The van der Waals surface area contributed by atoms with Crippen LogP contribution in [0.1, 0.15) is 20.8 Å². The van der Waals surface area contributed by atoms with Crippen LogP contribution in [0.15, 0.2) is 23.6 Å². The van der Waals surface area contributed by atoms with E-state index in [1.165, 1.54) is 6.20 Å². The zero-order valence-electron chi connectivity index (χ0n) is 8.03. The molecule has 0 bridgehead atoms. The first-order chi connectivity index (χ1) is 6.03. The molecule has 0 aliphatic carbocycles. The highest BCUT2D eigenvalue weighted by molar-refractivity contribution is 5.64. The number of aromatic nitrogens is 1. The minimum atomic E-state index is -0.0825. The number of hydrogen-bond donors (Lipinski definition) is 1. The minimum Gasteiger partial charge on any atom is -0.379 e. The summed E-state index contributed by atoms with van der Waals surface area (Å²) in [6.07, 6.45) is 3.07. The fourth-order valence-electron chi connectivity index (χ4n) is 0.969. The molecule has 0 radical (unpaired) electrons. The van der Waals surface area contributed by atoms with Crippen LogP contribution in [-0.2, 0) is 0 Å². The van der Waals surface area contributed by atoms with Crippen LogP contribution >= 0.6 is 0 Å². The first kappa shape index (κ1) is 9.64. The third-order valence-electron chi connectivity index (χ3n) is 1.41. The first-order valence-electron chi connectivity index (χ1n) is 4.08. The third-order valence-corrected chi connectivity index (χ3v) is 1.41. The van der Waals surface area contributed by atoms with Crippen molar-refractivity contribution in [2.45, 2.75) is 26.3 Å². The quantitative estimate of drug-likeness (QED) is 0.710. The fraction of sp³-hybridized carbons (Fsp3) is 0.444. The van der Waals surface area contributed by atoms with Gasteiger partial charge in [-0.1, -0.05) is 0 Å². The van der Waals surface area contributed by atoms with E-state index in [1.807, 2.05) is 20.8 Å². The number of nitrogens with one attached hydrogen (secondary N) is 1. The zero-order valence-corrected chi connectivity index (χ0v) is 8.03. The van der Waals surface area contributed by atoms with Gasteiger partial charge >= 0.3 is 0 Å². The summed E-state index contributed by atoms with van der Waals surface area (Å²) < 4.78 is 0. The van der Waals surface area contributed by atoms with Crippen LogP contribution < -0.4 is 5.32 Å². The van der Waals surface area contributed by atoms with Gasteiger partial charge in [0.2, 0.25) is 0 Å². The van der Waals surface area contributed by atoms with Crippen molar-refractivity contribution in [2.75, 3.05) is 5.32 Å². The molecular formula is C9H13N3O. The maximum Gasteiger partial charge on any atom is 0.149 e. The minimum absolute atomic E-state index is 0.0825. The van der Waals surface area contributed by atoms with E-state index in [9.17, 15) is 4.91 Å². The Morgan fingerprint density at radius 2 is 2.15 bits per heavy atom. The summed E-state index contributed by atoms with van der Waals surface area (Å²) in [5.74, 6) is 0. The molecule has 1 aromatic heterocycles. The molecule has 70 valence electrons. The molecule has 1 aromatic rings. The number of rotatable bonds is 2. The summed E-state index contributed by atoms with van der Waals surface area (Å²) >= 11 is 0. The van der Waals surface area contributed by atoms with Crippen molar-refractivity contribution >= 4 is 11.4 Å². The molecule has 0 aromatic carbocycles. The Balaban J connectivity index is 2.94. The molecule has 13 heavy (non-hydrogen) atoms. The molecule has 4 heteroatoms. The van der Waals surface area contributed by atoms with Crippen molar-refractivity contribution in [3.05, 3.63) is 23.4 Å². The monoisotopic (exact) mass is 179 g/mol. The van der Waals surface area contributed by atoms with E-state index in [2.05, 4.69) is 15.5 Å². The molecule has 0 atom stereocenters. The maximum atomic E-state index is 10.4. The molecule has 0 amide bonds. The molecular weight excluding hydrogens is 166 g/mol. The van der Waals surface area contributed by atoms with E-state index < -0.39 is 0 Å². The van der Waals surface area contributed by atoms with Gasteiger partial charge in [-0.25, -0.2) is 0 Å². The van der Waals surface area contributed by atoms with Crippen molar-refractivity contribution in [2.24, 2.45) is 5.18 Å². The molecule has 4 nitrogen and oxygen atoms in total. The average Bonchev–Trinajstić information content (AvgIpc) is 2.02. The second-order valence-electron chi connectivity index (χ2n) is 3.86. The van der Waals surface area contributed by atoms with E-state index in [-0.39, 0.29) is 5.54 Å². The van der Waals surface area contributed by atoms with E-state index in [0.29, 0.717) is 5.69 Å². The SMILES string of the molecule is CC(C)(C)Nc1ccncc1N=O. The Hall–Kier alpha value is -1.45. The number of nitrogens with zero attached hydrogens (tertiary/aromatic N) is 2. The highest BCUT2D eigenvalue weighted by Gasteiger charge is 2.11. The van der Waals surface area contributed by atoms with Crippen molar-refractivity contribution in [1.82, 2.24) is 4.98 Å².